The van der Waals surface area contributed by atoms with Gasteiger partial charge in [-0.15, -0.1) is 5.10 Å². The summed E-state index contributed by atoms with van der Waals surface area (Å²) in [6.45, 7) is 6.59. The van der Waals surface area contributed by atoms with Crippen molar-refractivity contribution in [1.29, 1.82) is 0 Å². The third kappa shape index (κ3) is 4.78. The quantitative estimate of drug-likeness (QED) is 0.664. The van der Waals surface area contributed by atoms with Gasteiger partial charge in [-0.1, -0.05) is 19.1 Å². The van der Waals surface area contributed by atoms with Crippen LogP contribution in [-0.4, -0.2) is 57.0 Å². The predicted molar refractivity (Wildman–Crippen MR) is 119 cm³/mol. The number of pyridine rings is 1. The molecule has 2 fully saturated rings. The summed E-state index contributed by atoms with van der Waals surface area (Å²) in [4.78, 5) is 18.6. The van der Waals surface area contributed by atoms with Gasteiger partial charge in [0.05, 0.1) is 35.3 Å². The van der Waals surface area contributed by atoms with Gasteiger partial charge in [0.15, 0.2) is 6.29 Å². The van der Waals surface area contributed by atoms with Gasteiger partial charge in [-0.25, -0.2) is 9.67 Å². The van der Waals surface area contributed by atoms with Gasteiger partial charge in [-0.3, -0.25) is 4.79 Å². The lowest BCUT2D eigenvalue weighted by Gasteiger charge is -2.23. The number of aliphatic carboxylic acids is 1. The lowest BCUT2D eigenvalue weighted by molar-refractivity contribution is -0.169. The van der Waals surface area contributed by atoms with Crippen LogP contribution in [0.2, 0.25) is 0 Å². The molecular formula is C23H33N5O4. The number of hydrogen-bond donors (Lipinski definition) is 1. The number of ether oxygens (including phenoxy) is 2. The normalized spacial score (nSPS) is 22.3. The van der Waals surface area contributed by atoms with Crippen molar-refractivity contribution >= 4 is 11.7 Å². The molecule has 2 saturated heterocycles. The highest BCUT2D eigenvalue weighted by atomic mass is 16.7. The summed E-state index contributed by atoms with van der Waals surface area (Å²) in [5.74, 6) is -0.910. The van der Waals surface area contributed by atoms with Crippen molar-refractivity contribution in [2.75, 3.05) is 24.6 Å². The summed E-state index contributed by atoms with van der Waals surface area (Å²) in [5.41, 5.74) is 4.44. The topological polar surface area (TPSA) is 103 Å². The van der Waals surface area contributed by atoms with Crippen LogP contribution in [0.4, 0.5) is 5.69 Å². The first-order valence-electron chi connectivity index (χ1n) is 11.6. The van der Waals surface area contributed by atoms with Gasteiger partial charge >= 0.3 is 5.97 Å². The fraction of sp³-hybridized carbons (Fsp3) is 0.652. The first-order chi connectivity index (χ1) is 15.5. The molecule has 4 heterocycles. The maximum atomic E-state index is 11.4. The standard InChI is InChI=1S/C23H33N5O4/c1-4-17-19(28-11-10-16(13-28)15(2)23(29)30)9-8-18(24-17)22-20(27(3)26-25-22)14-32-21-7-5-6-12-31-21/h8-9,15-16,21H,4-7,10-14H2,1-3H3,(H,29,30)/t15?,16-,21?/m1/s1. The van der Waals surface area contributed by atoms with Crippen LogP contribution in [0, 0.1) is 11.8 Å². The SMILES string of the molecule is CCc1nc(-c2nnn(C)c2COC2CCCCO2)ccc1N1CC[C@@H](C(C)C(=O)O)C1. The van der Waals surface area contributed by atoms with Gasteiger partial charge in [0.25, 0.3) is 0 Å². The third-order valence-electron chi connectivity index (χ3n) is 6.68. The van der Waals surface area contributed by atoms with Crippen molar-refractivity contribution in [3.63, 3.8) is 0 Å². The molecule has 0 radical (unpaired) electrons. The van der Waals surface area contributed by atoms with Crippen LogP contribution in [0.5, 0.6) is 0 Å². The molecule has 2 aromatic heterocycles. The molecule has 174 valence electrons. The van der Waals surface area contributed by atoms with Crippen molar-refractivity contribution in [3.8, 4) is 11.4 Å². The van der Waals surface area contributed by atoms with E-state index in [4.69, 9.17) is 14.5 Å². The Labute approximate surface area is 188 Å². The Morgan fingerprint density at radius 2 is 2.19 bits per heavy atom. The van der Waals surface area contributed by atoms with Crippen LogP contribution >= 0.6 is 0 Å². The van der Waals surface area contributed by atoms with Gasteiger partial charge in [0.1, 0.15) is 5.69 Å². The van der Waals surface area contributed by atoms with Gasteiger partial charge < -0.3 is 19.5 Å². The molecule has 0 aliphatic carbocycles. The smallest absolute Gasteiger partial charge is 0.306 e. The van der Waals surface area contributed by atoms with E-state index < -0.39 is 5.97 Å². The average Bonchev–Trinajstić information content (AvgIpc) is 3.44. The first kappa shape index (κ1) is 22.7. The van der Waals surface area contributed by atoms with Crippen LogP contribution < -0.4 is 4.90 Å². The summed E-state index contributed by atoms with van der Waals surface area (Å²) in [6, 6.07) is 4.06. The van der Waals surface area contributed by atoms with Gasteiger partial charge in [-0.05, 0) is 50.2 Å². The fourth-order valence-electron chi connectivity index (χ4n) is 4.54. The number of anilines is 1. The van der Waals surface area contributed by atoms with Crippen LogP contribution in [0.3, 0.4) is 0 Å². The molecular weight excluding hydrogens is 410 g/mol. The number of hydrogen-bond acceptors (Lipinski definition) is 7. The molecule has 0 bridgehead atoms. The summed E-state index contributed by atoms with van der Waals surface area (Å²) >= 11 is 0. The monoisotopic (exact) mass is 443 g/mol. The van der Waals surface area contributed by atoms with E-state index in [0.717, 1.165) is 80.3 Å². The van der Waals surface area contributed by atoms with Crippen molar-refractivity contribution < 1.29 is 19.4 Å². The minimum atomic E-state index is -0.725. The molecule has 4 rings (SSSR count). The molecule has 9 heteroatoms. The highest BCUT2D eigenvalue weighted by Crippen LogP contribution is 2.32. The molecule has 0 spiro atoms. The maximum absolute atomic E-state index is 11.4. The molecule has 3 atom stereocenters. The first-order valence-corrected chi connectivity index (χ1v) is 11.6. The number of carboxylic acid groups (broad SMARTS) is 1. The zero-order valence-electron chi connectivity index (χ0n) is 19.2. The van der Waals surface area contributed by atoms with Gasteiger partial charge in [0.2, 0.25) is 0 Å². The summed E-state index contributed by atoms with van der Waals surface area (Å²) in [5, 5.41) is 17.9. The summed E-state index contributed by atoms with van der Waals surface area (Å²) in [7, 11) is 1.86. The second kappa shape index (κ2) is 9.95. The Morgan fingerprint density at radius 3 is 2.91 bits per heavy atom. The second-order valence-corrected chi connectivity index (χ2v) is 8.75. The van der Waals surface area contributed by atoms with Crippen LogP contribution in [0.25, 0.3) is 11.4 Å². The highest BCUT2D eigenvalue weighted by Gasteiger charge is 2.32. The minimum Gasteiger partial charge on any atom is -0.481 e. The minimum absolute atomic E-state index is 0.155. The predicted octanol–water partition coefficient (Wildman–Crippen LogP) is 3.03. The van der Waals surface area contributed by atoms with Gasteiger partial charge in [0, 0.05) is 26.7 Å². The molecule has 1 N–H and O–H groups in total. The molecule has 2 aliphatic rings. The lowest BCUT2D eigenvalue weighted by atomic mass is 9.94. The molecule has 2 aliphatic heterocycles. The Kier molecular flexibility index (Phi) is 7.05. The number of rotatable bonds is 8. The van der Waals surface area contributed by atoms with E-state index >= 15 is 0 Å². The lowest BCUT2D eigenvalue weighted by Crippen LogP contribution is -2.26. The fourth-order valence-corrected chi connectivity index (χ4v) is 4.54. The number of aromatic nitrogens is 4. The largest absolute Gasteiger partial charge is 0.481 e. The van der Waals surface area contributed by atoms with Gasteiger partial charge in [-0.2, -0.15) is 0 Å². The Hall–Kier alpha value is -2.52. The number of nitrogens with zero attached hydrogens (tertiary/aromatic N) is 5. The van der Waals surface area contributed by atoms with E-state index in [9.17, 15) is 9.90 Å². The molecule has 0 aromatic carbocycles. The number of carboxylic acids is 1. The number of aryl methyl sites for hydroxylation is 2. The van der Waals surface area contributed by atoms with Crippen molar-refractivity contribution in [3.05, 3.63) is 23.5 Å². The zero-order valence-corrected chi connectivity index (χ0v) is 19.2. The third-order valence-corrected chi connectivity index (χ3v) is 6.68. The van der Waals surface area contributed by atoms with E-state index in [2.05, 4.69) is 28.2 Å². The van der Waals surface area contributed by atoms with E-state index in [-0.39, 0.29) is 18.1 Å². The Morgan fingerprint density at radius 1 is 1.34 bits per heavy atom. The molecule has 9 nitrogen and oxygen atoms in total. The summed E-state index contributed by atoms with van der Waals surface area (Å²) < 4.78 is 13.4. The van der Waals surface area contributed by atoms with Crippen LogP contribution in [0.1, 0.15) is 50.9 Å². The maximum Gasteiger partial charge on any atom is 0.306 e. The molecule has 2 unspecified atom stereocenters. The van der Waals surface area contributed by atoms with Crippen molar-refractivity contribution in [1.82, 2.24) is 20.0 Å². The average molecular weight is 444 g/mol. The van der Waals surface area contributed by atoms with E-state index in [1.165, 1.54) is 0 Å². The Balaban J connectivity index is 1.51. The second-order valence-electron chi connectivity index (χ2n) is 8.75. The van der Waals surface area contributed by atoms with Crippen LogP contribution in [0.15, 0.2) is 12.1 Å². The van der Waals surface area contributed by atoms with Crippen molar-refractivity contribution in [2.24, 2.45) is 18.9 Å². The zero-order chi connectivity index (χ0) is 22.7. The van der Waals surface area contributed by atoms with E-state index in [1.54, 1.807) is 11.6 Å². The van der Waals surface area contributed by atoms with E-state index in [1.807, 2.05) is 13.1 Å². The highest BCUT2D eigenvalue weighted by molar-refractivity contribution is 5.70. The molecule has 0 amide bonds. The van der Waals surface area contributed by atoms with Crippen molar-refractivity contribution in [2.45, 2.75) is 58.8 Å². The van der Waals surface area contributed by atoms with E-state index in [0.29, 0.717) is 6.61 Å². The van der Waals surface area contributed by atoms with Crippen LogP contribution in [-0.2, 0) is 34.3 Å². The molecule has 2 aromatic rings. The Bertz CT molecular complexity index is 940. The summed E-state index contributed by atoms with van der Waals surface area (Å²) in [6.07, 6.45) is 4.59. The molecule has 32 heavy (non-hydrogen) atoms. The molecule has 0 saturated carbocycles. The number of carbonyl (C=O) groups is 1.